The van der Waals surface area contributed by atoms with Gasteiger partial charge in [0.2, 0.25) is 10.0 Å². The molecule has 0 radical (unpaired) electrons. The zero-order chi connectivity index (χ0) is 16.4. The maximum Gasteiger partial charge on any atom is 0.273 e. The first kappa shape index (κ1) is 17.1. The molecule has 0 spiro atoms. The fourth-order valence-corrected chi connectivity index (χ4v) is 2.87. The summed E-state index contributed by atoms with van der Waals surface area (Å²) in [6, 6.07) is 4.39. The lowest BCUT2D eigenvalue weighted by molar-refractivity contribution is -0.385. The summed E-state index contributed by atoms with van der Waals surface area (Å²) in [4.78, 5) is 10.2. The molecule has 1 aromatic rings. The van der Waals surface area contributed by atoms with Crippen molar-refractivity contribution >= 4 is 15.7 Å². The molecule has 1 aromatic carbocycles. The Hall–Kier alpha value is -1.98. The van der Waals surface area contributed by atoms with Crippen LogP contribution in [0.15, 0.2) is 17.0 Å². The predicted molar refractivity (Wildman–Crippen MR) is 77.2 cm³/mol. The van der Waals surface area contributed by atoms with Gasteiger partial charge in [-0.1, -0.05) is 0 Å². The van der Waals surface area contributed by atoms with Gasteiger partial charge < -0.3 is 0 Å². The summed E-state index contributed by atoms with van der Waals surface area (Å²) in [5.41, 5.74) is -0.158. The average molecular weight is 311 g/mol. The number of nitrogens with one attached hydrogen (secondary N) is 1. The molecule has 8 heteroatoms. The average Bonchev–Trinajstić information content (AvgIpc) is 2.39. The summed E-state index contributed by atoms with van der Waals surface area (Å²) in [6.07, 6.45) is 0. The number of hydrogen-bond donors (Lipinski definition) is 1. The predicted octanol–water partition coefficient (Wildman–Crippen LogP) is 2.04. The molecule has 0 saturated heterocycles. The monoisotopic (exact) mass is 311 g/mol. The zero-order valence-electron chi connectivity index (χ0n) is 12.3. The molecule has 0 aliphatic carbocycles. The van der Waals surface area contributed by atoms with Crippen LogP contribution in [0.25, 0.3) is 0 Å². The van der Waals surface area contributed by atoms with Gasteiger partial charge in [0.25, 0.3) is 5.69 Å². The lowest BCUT2D eigenvalue weighted by Crippen LogP contribution is -2.33. The van der Waals surface area contributed by atoms with Crippen molar-refractivity contribution in [2.45, 2.75) is 32.6 Å². The van der Waals surface area contributed by atoms with E-state index in [1.165, 1.54) is 6.07 Å². The number of hydrogen-bond acceptors (Lipinski definition) is 5. The first-order valence-corrected chi connectivity index (χ1v) is 7.65. The van der Waals surface area contributed by atoms with E-state index in [9.17, 15) is 18.5 Å². The highest BCUT2D eigenvalue weighted by molar-refractivity contribution is 7.89. The van der Waals surface area contributed by atoms with Crippen molar-refractivity contribution in [2.75, 3.05) is 6.54 Å². The Morgan fingerprint density at radius 1 is 1.38 bits per heavy atom. The van der Waals surface area contributed by atoms with E-state index >= 15 is 0 Å². The summed E-state index contributed by atoms with van der Waals surface area (Å²) in [6.45, 7) is 6.29. The Balaban J connectivity index is 3.22. The second-order valence-corrected chi connectivity index (χ2v) is 7.23. The van der Waals surface area contributed by atoms with Crippen molar-refractivity contribution in [2.24, 2.45) is 5.41 Å². The Bertz CT molecular complexity index is 718. The first-order chi connectivity index (χ1) is 9.50. The van der Waals surface area contributed by atoms with Crippen LogP contribution in [0.5, 0.6) is 0 Å². The molecule has 0 amide bonds. The summed E-state index contributed by atoms with van der Waals surface area (Å²) in [7, 11) is -3.90. The smallest absolute Gasteiger partial charge is 0.258 e. The number of aryl methyl sites for hydroxylation is 1. The summed E-state index contributed by atoms with van der Waals surface area (Å²) in [5.74, 6) is 0. The molecule has 0 aromatic heterocycles. The Labute approximate surface area is 123 Å². The van der Waals surface area contributed by atoms with Crippen LogP contribution < -0.4 is 4.72 Å². The molecule has 0 aliphatic heterocycles. The lowest BCUT2D eigenvalue weighted by atomic mass is 9.97. The first-order valence-electron chi connectivity index (χ1n) is 6.17. The second-order valence-electron chi connectivity index (χ2n) is 5.46. The highest BCUT2D eigenvalue weighted by Crippen LogP contribution is 2.26. The SMILES string of the molecule is Cc1cc(S(=O)(=O)NCC(C)(C)C#N)cc([N+](=O)[O-])c1C. The Morgan fingerprint density at radius 3 is 2.43 bits per heavy atom. The minimum atomic E-state index is -3.90. The van der Waals surface area contributed by atoms with E-state index in [0.717, 1.165) is 6.07 Å². The van der Waals surface area contributed by atoms with Gasteiger partial charge in [0.1, 0.15) is 0 Å². The van der Waals surface area contributed by atoms with Gasteiger partial charge >= 0.3 is 0 Å². The van der Waals surface area contributed by atoms with Crippen LogP contribution >= 0.6 is 0 Å². The van der Waals surface area contributed by atoms with Crippen molar-refractivity contribution in [3.63, 3.8) is 0 Å². The molecular formula is C13H17N3O4S. The van der Waals surface area contributed by atoms with E-state index in [-0.39, 0.29) is 17.1 Å². The number of benzene rings is 1. The van der Waals surface area contributed by atoms with Crippen LogP contribution in [-0.2, 0) is 10.0 Å². The molecule has 0 fully saturated rings. The van der Waals surface area contributed by atoms with Crippen molar-refractivity contribution in [1.82, 2.24) is 4.72 Å². The molecule has 0 unspecified atom stereocenters. The van der Waals surface area contributed by atoms with E-state index in [0.29, 0.717) is 11.1 Å². The maximum atomic E-state index is 12.2. The van der Waals surface area contributed by atoms with E-state index in [1.54, 1.807) is 27.7 Å². The van der Waals surface area contributed by atoms with Crippen LogP contribution in [0.2, 0.25) is 0 Å². The molecular weight excluding hydrogens is 294 g/mol. The van der Waals surface area contributed by atoms with E-state index in [1.807, 2.05) is 6.07 Å². The van der Waals surface area contributed by atoms with E-state index in [2.05, 4.69) is 4.72 Å². The van der Waals surface area contributed by atoms with Gasteiger partial charge in [0.05, 0.1) is 21.3 Å². The summed E-state index contributed by atoms with van der Waals surface area (Å²) in [5, 5.41) is 19.8. The minimum absolute atomic E-state index is 0.0768. The number of nitrogens with zero attached hydrogens (tertiary/aromatic N) is 2. The fraction of sp³-hybridized carbons (Fsp3) is 0.462. The van der Waals surface area contributed by atoms with E-state index in [4.69, 9.17) is 5.26 Å². The molecule has 0 heterocycles. The van der Waals surface area contributed by atoms with Gasteiger partial charge in [0.15, 0.2) is 0 Å². The third kappa shape index (κ3) is 4.00. The van der Waals surface area contributed by atoms with Crippen LogP contribution in [0.4, 0.5) is 5.69 Å². The molecule has 0 bridgehead atoms. The third-order valence-electron chi connectivity index (χ3n) is 3.13. The van der Waals surface area contributed by atoms with Crippen molar-refractivity contribution in [3.05, 3.63) is 33.4 Å². The number of nitriles is 1. The zero-order valence-corrected chi connectivity index (χ0v) is 13.1. The van der Waals surface area contributed by atoms with Crippen LogP contribution in [0, 0.1) is 40.7 Å². The molecule has 114 valence electrons. The Morgan fingerprint density at radius 2 is 1.95 bits per heavy atom. The standard InChI is InChI=1S/C13H17N3O4S/c1-9-5-11(6-12(10(9)2)16(17)18)21(19,20)15-8-13(3,4)7-14/h5-6,15H,8H2,1-4H3. The second kappa shape index (κ2) is 5.79. The van der Waals surface area contributed by atoms with Crippen molar-refractivity contribution in [1.29, 1.82) is 5.26 Å². The quantitative estimate of drug-likeness (QED) is 0.660. The van der Waals surface area contributed by atoms with Gasteiger partial charge in [0, 0.05) is 18.2 Å². The highest BCUT2D eigenvalue weighted by atomic mass is 32.2. The molecule has 0 aliphatic rings. The lowest BCUT2D eigenvalue weighted by Gasteiger charge is -2.16. The van der Waals surface area contributed by atoms with Gasteiger partial charge in [-0.2, -0.15) is 5.26 Å². The van der Waals surface area contributed by atoms with Gasteiger partial charge in [-0.05, 0) is 39.3 Å². The van der Waals surface area contributed by atoms with Crippen LogP contribution in [0.3, 0.4) is 0 Å². The van der Waals surface area contributed by atoms with Crippen LogP contribution in [-0.4, -0.2) is 19.9 Å². The molecule has 0 atom stereocenters. The summed E-state index contributed by atoms with van der Waals surface area (Å²) >= 11 is 0. The molecule has 7 nitrogen and oxygen atoms in total. The number of rotatable bonds is 5. The van der Waals surface area contributed by atoms with Gasteiger partial charge in [-0.15, -0.1) is 0 Å². The maximum absolute atomic E-state index is 12.2. The fourth-order valence-electron chi connectivity index (χ4n) is 1.55. The molecule has 0 saturated carbocycles. The summed E-state index contributed by atoms with van der Waals surface area (Å²) < 4.78 is 26.7. The molecule has 21 heavy (non-hydrogen) atoms. The topological polar surface area (TPSA) is 113 Å². The third-order valence-corrected chi connectivity index (χ3v) is 4.51. The normalized spacial score (nSPS) is 12.0. The van der Waals surface area contributed by atoms with Crippen molar-refractivity contribution in [3.8, 4) is 6.07 Å². The number of nitro benzene ring substituents is 1. The van der Waals surface area contributed by atoms with Crippen molar-refractivity contribution < 1.29 is 13.3 Å². The minimum Gasteiger partial charge on any atom is -0.258 e. The number of sulfonamides is 1. The van der Waals surface area contributed by atoms with Gasteiger partial charge in [-0.3, -0.25) is 10.1 Å². The Kier molecular flexibility index (Phi) is 4.71. The number of nitro groups is 1. The largest absolute Gasteiger partial charge is 0.273 e. The highest BCUT2D eigenvalue weighted by Gasteiger charge is 2.25. The van der Waals surface area contributed by atoms with Crippen LogP contribution in [0.1, 0.15) is 25.0 Å². The van der Waals surface area contributed by atoms with E-state index < -0.39 is 20.4 Å². The molecule has 1 rings (SSSR count). The van der Waals surface area contributed by atoms with Gasteiger partial charge in [-0.25, -0.2) is 13.1 Å². The molecule has 1 N–H and O–H groups in total.